The van der Waals surface area contributed by atoms with Gasteiger partial charge in [0.1, 0.15) is 0 Å². The topological polar surface area (TPSA) is 55.1 Å². The Labute approximate surface area is 192 Å². The van der Waals surface area contributed by atoms with E-state index in [0.717, 1.165) is 11.1 Å². The first-order valence-electron chi connectivity index (χ1n) is 10.9. The molecule has 0 fully saturated rings. The highest BCUT2D eigenvalue weighted by atomic mass is 16.3. The molecule has 1 aromatic heterocycles. The third-order valence-electron chi connectivity index (χ3n) is 6.05. The van der Waals surface area contributed by atoms with Crippen LogP contribution in [-0.4, -0.2) is 14.7 Å². The summed E-state index contributed by atoms with van der Waals surface area (Å²) in [6.45, 7) is 4.01. The van der Waals surface area contributed by atoms with Gasteiger partial charge in [-0.25, -0.2) is 4.98 Å². The molecule has 1 N–H and O–H groups in total. The molecule has 162 valence electrons. The van der Waals surface area contributed by atoms with Crippen LogP contribution in [0, 0.1) is 13.8 Å². The smallest absolute Gasteiger partial charge is 0.266 e. The van der Waals surface area contributed by atoms with Crippen LogP contribution in [0.15, 0.2) is 108 Å². The van der Waals surface area contributed by atoms with Gasteiger partial charge < -0.3 is 5.11 Å². The maximum atomic E-state index is 13.8. The Morgan fingerprint density at radius 2 is 1.21 bits per heavy atom. The van der Waals surface area contributed by atoms with Crippen molar-refractivity contribution in [1.82, 2.24) is 9.55 Å². The first-order valence-corrected chi connectivity index (χ1v) is 10.9. The van der Waals surface area contributed by atoms with Crippen molar-refractivity contribution in [3.8, 4) is 5.69 Å². The van der Waals surface area contributed by atoms with E-state index in [-0.39, 0.29) is 11.4 Å². The molecule has 5 aromatic rings. The number of aromatic nitrogens is 2. The molecule has 1 heterocycles. The van der Waals surface area contributed by atoms with Crippen molar-refractivity contribution in [2.75, 3.05) is 0 Å². The van der Waals surface area contributed by atoms with Crippen LogP contribution in [0.5, 0.6) is 0 Å². The molecule has 0 spiro atoms. The number of fused-ring (bicyclic) bond motifs is 1. The van der Waals surface area contributed by atoms with Gasteiger partial charge >= 0.3 is 0 Å². The zero-order valence-electron chi connectivity index (χ0n) is 18.6. The minimum absolute atomic E-state index is 0.223. The molecule has 0 amide bonds. The number of hydrogen-bond acceptors (Lipinski definition) is 3. The molecule has 4 nitrogen and oxygen atoms in total. The predicted molar refractivity (Wildman–Crippen MR) is 132 cm³/mol. The Bertz CT molecular complexity index is 1440. The lowest BCUT2D eigenvalue weighted by Gasteiger charge is -2.31. The van der Waals surface area contributed by atoms with Crippen molar-refractivity contribution in [2.45, 2.75) is 19.4 Å². The predicted octanol–water partition coefficient (Wildman–Crippen LogP) is 5.29. The number of rotatable bonds is 4. The van der Waals surface area contributed by atoms with Crippen LogP contribution in [0.1, 0.15) is 28.1 Å². The molecule has 0 radical (unpaired) electrons. The summed E-state index contributed by atoms with van der Waals surface area (Å²) in [5, 5.41) is 13.0. The van der Waals surface area contributed by atoms with Crippen molar-refractivity contribution in [2.24, 2.45) is 0 Å². The van der Waals surface area contributed by atoms with E-state index in [1.807, 2.05) is 105 Å². The standard InChI is InChI=1S/C29H24N2O2/c1-20-12-16-22(17-13-20)29(33,23-18-14-21(2)15-19-23)28-30-26-11-7-6-10-25(26)27(32)31(28)24-8-4-3-5-9-24/h3-19,33H,1-2H3. The van der Waals surface area contributed by atoms with Crippen LogP contribution in [0.25, 0.3) is 16.6 Å². The molecule has 5 rings (SSSR count). The molecule has 0 aliphatic rings. The van der Waals surface area contributed by atoms with Crippen LogP contribution >= 0.6 is 0 Å². The number of aryl methyl sites for hydroxylation is 2. The van der Waals surface area contributed by atoms with Crippen molar-refractivity contribution in [1.29, 1.82) is 0 Å². The van der Waals surface area contributed by atoms with Gasteiger partial charge in [-0.2, -0.15) is 0 Å². The normalized spacial score (nSPS) is 11.6. The van der Waals surface area contributed by atoms with E-state index in [0.29, 0.717) is 27.7 Å². The SMILES string of the molecule is Cc1ccc(C(O)(c2ccc(C)cc2)c2nc3ccccc3c(=O)n2-c2ccccc2)cc1. The lowest BCUT2D eigenvalue weighted by Crippen LogP contribution is -2.38. The fourth-order valence-corrected chi connectivity index (χ4v) is 4.21. The number of para-hydroxylation sites is 2. The van der Waals surface area contributed by atoms with Gasteiger partial charge in [0.05, 0.1) is 16.6 Å². The summed E-state index contributed by atoms with van der Waals surface area (Å²) in [6, 6.07) is 32.0. The molecule has 33 heavy (non-hydrogen) atoms. The van der Waals surface area contributed by atoms with Gasteiger partial charge in [-0.1, -0.05) is 90.0 Å². The van der Waals surface area contributed by atoms with E-state index in [2.05, 4.69) is 0 Å². The zero-order chi connectivity index (χ0) is 23.0. The van der Waals surface area contributed by atoms with Crippen LogP contribution < -0.4 is 5.56 Å². The van der Waals surface area contributed by atoms with Gasteiger partial charge in [0, 0.05) is 0 Å². The molecule has 0 unspecified atom stereocenters. The summed E-state index contributed by atoms with van der Waals surface area (Å²) in [4.78, 5) is 18.7. The molecular weight excluding hydrogens is 408 g/mol. The van der Waals surface area contributed by atoms with E-state index in [1.165, 1.54) is 4.57 Å². The molecule has 0 saturated heterocycles. The largest absolute Gasteiger partial charge is 0.373 e. The maximum absolute atomic E-state index is 13.8. The fraction of sp³-hybridized carbons (Fsp3) is 0.103. The first-order chi connectivity index (χ1) is 16.0. The number of aliphatic hydroxyl groups is 1. The summed E-state index contributed by atoms with van der Waals surface area (Å²) < 4.78 is 1.53. The monoisotopic (exact) mass is 432 g/mol. The van der Waals surface area contributed by atoms with E-state index >= 15 is 0 Å². The Kier molecular flexibility index (Phi) is 5.15. The number of benzene rings is 4. The lowest BCUT2D eigenvalue weighted by molar-refractivity contribution is 0.113. The zero-order valence-corrected chi connectivity index (χ0v) is 18.6. The van der Waals surface area contributed by atoms with Crippen molar-refractivity contribution in [3.05, 3.63) is 142 Å². The van der Waals surface area contributed by atoms with E-state index in [4.69, 9.17) is 4.98 Å². The molecule has 0 saturated carbocycles. The molecule has 0 aliphatic carbocycles. The molecule has 0 aliphatic heterocycles. The second-order valence-electron chi connectivity index (χ2n) is 8.37. The summed E-state index contributed by atoms with van der Waals surface area (Å²) >= 11 is 0. The summed E-state index contributed by atoms with van der Waals surface area (Å²) in [7, 11) is 0. The minimum Gasteiger partial charge on any atom is -0.373 e. The number of hydrogen-bond donors (Lipinski definition) is 1. The van der Waals surface area contributed by atoms with Gasteiger partial charge in [0.15, 0.2) is 11.4 Å². The first kappa shape index (κ1) is 20.9. The highest BCUT2D eigenvalue weighted by Gasteiger charge is 2.39. The fourth-order valence-electron chi connectivity index (χ4n) is 4.21. The Hall–Kier alpha value is -4.02. The van der Waals surface area contributed by atoms with Crippen molar-refractivity contribution in [3.63, 3.8) is 0 Å². The van der Waals surface area contributed by atoms with Crippen LogP contribution in [-0.2, 0) is 5.60 Å². The van der Waals surface area contributed by atoms with E-state index < -0.39 is 5.60 Å². The van der Waals surface area contributed by atoms with Gasteiger partial charge in [0.25, 0.3) is 5.56 Å². The van der Waals surface area contributed by atoms with E-state index in [9.17, 15) is 9.90 Å². The summed E-state index contributed by atoms with van der Waals surface area (Å²) in [5.74, 6) is 0.255. The number of nitrogens with zero attached hydrogens (tertiary/aromatic N) is 2. The van der Waals surface area contributed by atoms with Crippen LogP contribution in [0.4, 0.5) is 0 Å². The van der Waals surface area contributed by atoms with Gasteiger partial charge in [-0.3, -0.25) is 9.36 Å². The van der Waals surface area contributed by atoms with Gasteiger partial charge in [-0.15, -0.1) is 0 Å². The quantitative estimate of drug-likeness (QED) is 0.420. The minimum atomic E-state index is -1.65. The van der Waals surface area contributed by atoms with Gasteiger partial charge in [-0.05, 0) is 49.2 Å². The van der Waals surface area contributed by atoms with Crippen LogP contribution in [0.3, 0.4) is 0 Å². The lowest BCUT2D eigenvalue weighted by atomic mass is 9.84. The summed E-state index contributed by atoms with van der Waals surface area (Å²) in [5.41, 5.74) is 2.76. The third-order valence-corrected chi connectivity index (χ3v) is 6.05. The summed E-state index contributed by atoms with van der Waals surface area (Å²) in [6.07, 6.45) is 0. The average molecular weight is 433 g/mol. The molecular formula is C29H24N2O2. The molecule has 4 heteroatoms. The molecule has 0 atom stereocenters. The van der Waals surface area contributed by atoms with E-state index in [1.54, 1.807) is 12.1 Å². The van der Waals surface area contributed by atoms with Crippen molar-refractivity contribution < 1.29 is 5.11 Å². The third kappa shape index (κ3) is 3.55. The highest BCUT2D eigenvalue weighted by molar-refractivity contribution is 5.78. The molecule has 4 aromatic carbocycles. The van der Waals surface area contributed by atoms with Gasteiger partial charge in [0.2, 0.25) is 0 Å². The van der Waals surface area contributed by atoms with Crippen LogP contribution in [0.2, 0.25) is 0 Å². The second-order valence-corrected chi connectivity index (χ2v) is 8.37. The maximum Gasteiger partial charge on any atom is 0.266 e. The van der Waals surface area contributed by atoms with Crippen molar-refractivity contribution >= 4 is 10.9 Å². The second kappa shape index (κ2) is 8.15. The Morgan fingerprint density at radius 1 is 0.697 bits per heavy atom. The molecule has 0 bridgehead atoms. The highest BCUT2D eigenvalue weighted by Crippen LogP contribution is 2.37. The Balaban J connectivity index is 1.93. The Morgan fingerprint density at radius 3 is 1.79 bits per heavy atom. The average Bonchev–Trinajstić information content (AvgIpc) is 2.85.